The Hall–Kier alpha value is -3.47. The highest BCUT2D eigenvalue weighted by Gasteiger charge is 2.00. The zero-order valence-corrected chi connectivity index (χ0v) is 13.7. The Bertz CT molecular complexity index is 884. The van der Waals surface area contributed by atoms with Crippen LogP contribution in [0.4, 0.5) is 17.1 Å². The first-order valence-corrected chi connectivity index (χ1v) is 7.79. The molecule has 3 aromatic carbocycles. The van der Waals surface area contributed by atoms with Crippen LogP contribution in [-0.2, 0) is 4.79 Å². The van der Waals surface area contributed by atoms with E-state index in [0.29, 0.717) is 5.69 Å². The summed E-state index contributed by atoms with van der Waals surface area (Å²) in [6.07, 6.45) is 0. The van der Waals surface area contributed by atoms with E-state index >= 15 is 0 Å². The number of hydrogen-bond donors (Lipinski definition) is 2. The second-order valence-corrected chi connectivity index (χ2v) is 5.52. The van der Waals surface area contributed by atoms with Gasteiger partial charge in [0.05, 0.1) is 11.4 Å². The molecule has 0 atom stereocenters. The van der Waals surface area contributed by atoms with Crippen molar-refractivity contribution < 1.29 is 9.90 Å². The molecule has 0 fully saturated rings. The van der Waals surface area contributed by atoms with E-state index in [4.69, 9.17) is 0 Å². The Morgan fingerprint density at radius 3 is 1.68 bits per heavy atom. The minimum absolute atomic E-state index is 0.0870. The highest BCUT2D eigenvalue weighted by Crippen LogP contribution is 2.25. The molecular formula is C20H17N3O2. The van der Waals surface area contributed by atoms with Gasteiger partial charge in [-0.05, 0) is 59.7 Å². The van der Waals surface area contributed by atoms with E-state index in [1.54, 1.807) is 24.3 Å². The zero-order chi connectivity index (χ0) is 17.6. The summed E-state index contributed by atoms with van der Waals surface area (Å²) in [6, 6.07) is 21.9. The van der Waals surface area contributed by atoms with Crippen LogP contribution in [0.2, 0.25) is 0 Å². The first-order valence-electron chi connectivity index (χ1n) is 7.79. The molecule has 0 saturated heterocycles. The SMILES string of the molecule is CC(=O)Nc1ccc(-c2ccc(N=Nc3ccc(O)cc3)cc2)cc1. The lowest BCUT2D eigenvalue weighted by Crippen LogP contribution is -2.05. The number of aromatic hydroxyl groups is 1. The van der Waals surface area contributed by atoms with E-state index < -0.39 is 0 Å². The maximum atomic E-state index is 11.0. The summed E-state index contributed by atoms with van der Waals surface area (Å²) in [4.78, 5) is 11.0. The van der Waals surface area contributed by atoms with Crippen molar-refractivity contribution in [3.8, 4) is 16.9 Å². The molecule has 0 aliphatic carbocycles. The lowest BCUT2D eigenvalue weighted by atomic mass is 10.1. The van der Waals surface area contributed by atoms with Gasteiger partial charge in [0.15, 0.2) is 0 Å². The number of nitrogens with one attached hydrogen (secondary N) is 1. The highest BCUT2D eigenvalue weighted by atomic mass is 16.3. The van der Waals surface area contributed by atoms with Crippen molar-refractivity contribution in [1.29, 1.82) is 0 Å². The van der Waals surface area contributed by atoms with Crippen molar-refractivity contribution in [1.82, 2.24) is 0 Å². The average Bonchev–Trinajstić information content (AvgIpc) is 2.62. The fourth-order valence-electron chi connectivity index (χ4n) is 2.30. The number of anilines is 1. The number of amides is 1. The van der Waals surface area contributed by atoms with Gasteiger partial charge in [-0.15, -0.1) is 0 Å². The first-order chi connectivity index (χ1) is 12.1. The molecule has 0 spiro atoms. The molecular weight excluding hydrogens is 314 g/mol. The summed E-state index contributed by atoms with van der Waals surface area (Å²) in [5, 5.41) is 20.3. The fraction of sp³-hybridized carbons (Fsp3) is 0.0500. The van der Waals surface area contributed by atoms with E-state index in [9.17, 15) is 9.90 Å². The molecule has 0 heterocycles. The molecule has 0 aliphatic heterocycles. The van der Waals surface area contributed by atoms with Crippen LogP contribution in [-0.4, -0.2) is 11.0 Å². The molecule has 0 unspecified atom stereocenters. The van der Waals surface area contributed by atoms with Gasteiger partial charge in [-0.2, -0.15) is 10.2 Å². The van der Waals surface area contributed by atoms with Crippen LogP contribution in [0.25, 0.3) is 11.1 Å². The third-order valence-corrected chi connectivity index (χ3v) is 3.54. The third-order valence-electron chi connectivity index (χ3n) is 3.54. The van der Waals surface area contributed by atoms with Crippen molar-refractivity contribution in [3.63, 3.8) is 0 Å². The molecule has 5 heteroatoms. The van der Waals surface area contributed by atoms with Gasteiger partial charge in [-0.3, -0.25) is 4.79 Å². The maximum absolute atomic E-state index is 11.0. The Morgan fingerprint density at radius 1 is 0.760 bits per heavy atom. The number of phenols is 1. The number of benzene rings is 3. The number of nitrogens with zero attached hydrogens (tertiary/aromatic N) is 2. The topological polar surface area (TPSA) is 74.0 Å². The summed E-state index contributed by atoms with van der Waals surface area (Å²) in [6.45, 7) is 1.49. The Balaban J connectivity index is 1.71. The van der Waals surface area contributed by atoms with Gasteiger partial charge in [0.2, 0.25) is 5.91 Å². The van der Waals surface area contributed by atoms with Crippen molar-refractivity contribution in [3.05, 3.63) is 72.8 Å². The molecule has 124 valence electrons. The second kappa shape index (κ2) is 7.40. The van der Waals surface area contributed by atoms with Gasteiger partial charge in [0, 0.05) is 12.6 Å². The predicted molar refractivity (Wildman–Crippen MR) is 98.5 cm³/mol. The van der Waals surface area contributed by atoms with E-state index in [1.165, 1.54) is 6.92 Å². The Morgan fingerprint density at radius 2 is 1.20 bits per heavy atom. The van der Waals surface area contributed by atoms with Crippen LogP contribution in [0.3, 0.4) is 0 Å². The Kier molecular flexibility index (Phi) is 4.85. The number of carbonyl (C=O) groups excluding carboxylic acids is 1. The number of hydrogen-bond acceptors (Lipinski definition) is 4. The molecule has 25 heavy (non-hydrogen) atoms. The zero-order valence-electron chi connectivity index (χ0n) is 13.7. The summed E-state index contributed by atoms with van der Waals surface area (Å²) in [5.41, 5.74) is 4.30. The van der Waals surface area contributed by atoms with Crippen molar-refractivity contribution in [2.75, 3.05) is 5.32 Å². The third kappa shape index (κ3) is 4.51. The molecule has 0 bridgehead atoms. The molecule has 1 amide bonds. The van der Waals surface area contributed by atoms with Gasteiger partial charge in [-0.1, -0.05) is 24.3 Å². The van der Waals surface area contributed by atoms with Crippen LogP contribution in [0.5, 0.6) is 5.75 Å². The molecule has 0 aliphatic rings. The van der Waals surface area contributed by atoms with Crippen LogP contribution >= 0.6 is 0 Å². The minimum atomic E-state index is -0.0870. The van der Waals surface area contributed by atoms with Crippen molar-refractivity contribution in [2.24, 2.45) is 10.2 Å². The minimum Gasteiger partial charge on any atom is -0.508 e. The standard InChI is InChI=1S/C20H17N3O2/c1-14(24)21-17-6-2-15(3-7-17)16-4-8-18(9-5-16)22-23-19-10-12-20(25)13-11-19/h2-13,25H,1H3,(H,21,24). The molecule has 3 rings (SSSR count). The molecule has 3 aromatic rings. The van der Waals surface area contributed by atoms with Crippen LogP contribution in [0, 0.1) is 0 Å². The lowest BCUT2D eigenvalue weighted by Gasteiger charge is -2.05. The summed E-state index contributed by atoms with van der Waals surface area (Å²) in [5.74, 6) is 0.115. The monoisotopic (exact) mass is 331 g/mol. The lowest BCUT2D eigenvalue weighted by molar-refractivity contribution is -0.114. The number of carbonyl (C=O) groups is 1. The summed E-state index contributed by atoms with van der Waals surface area (Å²) < 4.78 is 0. The van der Waals surface area contributed by atoms with Gasteiger partial charge in [-0.25, -0.2) is 0 Å². The fourth-order valence-corrected chi connectivity index (χ4v) is 2.30. The summed E-state index contributed by atoms with van der Waals surface area (Å²) in [7, 11) is 0. The van der Waals surface area contributed by atoms with Crippen molar-refractivity contribution in [2.45, 2.75) is 6.92 Å². The van der Waals surface area contributed by atoms with Gasteiger partial charge in [0.25, 0.3) is 0 Å². The van der Waals surface area contributed by atoms with E-state index in [-0.39, 0.29) is 11.7 Å². The number of rotatable bonds is 4. The van der Waals surface area contributed by atoms with Crippen LogP contribution < -0.4 is 5.32 Å². The molecule has 0 aromatic heterocycles. The maximum Gasteiger partial charge on any atom is 0.221 e. The Labute approximate surface area is 145 Å². The number of azo groups is 1. The quantitative estimate of drug-likeness (QED) is 0.625. The summed E-state index contributed by atoms with van der Waals surface area (Å²) >= 11 is 0. The van der Waals surface area contributed by atoms with Gasteiger partial charge in [0.1, 0.15) is 5.75 Å². The largest absolute Gasteiger partial charge is 0.508 e. The average molecular weight is 331 g/mol. The van der Waals surface area contributed by atoms with Crippen molar-refractivity contribution >= 4 is 23.0 Å². The molecule has 0 radical (unpaired) electrons. The molecule has 0 saturated carbocycles. The van der Waals surface area contributed by atoms with Crippen LogP contribution in [0.1, 0.15) is 6.92 Å². The first kappa shape index (κ1) is 16.4. The van der Waals surface area contributed by atoms with E-state index in [1.807, 2.05) is 48.5 Å². The predicted octanol–water partition coefficient (Wildman–Crippen LogP) is 5.43. The normalized spacial score (nSPS) is 10.8. The van der Waals surface area contributed by atoms with Gasteiger partial charge < -0.3 is 10.4 Å². The molecule has 5 nitrogen and oxygen atoms in total. The molecule has 2 N–H and O–H groups in total. The van der Waals surface area contributed by atoms with E-state index in [0.717, 1.165) is 22.5 Å². The van der Waals surface area contributed by atoms with E-state index in [2.05, 4.69) is 15.5 Å². The number of phenolic OH excluding ortho intramolecular Hbond substituents is 1. The smallest absolute Gasteiger partial charge is 0.221 e. The van der Waals surface area contributed by atoms with Crippen LogP contribution in [0.15, 0.2) is 83.0 Å². The second-order valence-electron chi connectivity index (χ2n) is 5.52. The van der Waals surface area contributed by atoms with Gasteiger partial charge >= 0.3 is 0 Å². The highest BCUT2D eigenvalue weighted by molar-refractivity contribution is 5.89.